The fraction of sp³-hybridized carbons (Fsp3) is 0.636. The Labute approximate surface area is 80.5 Å². The smallest absolute Gasteiger partial charge is 0.139 e. The molecule has 2 nitrogen and oxygen atoms in total. The van der Waals surface area contributed by atoms with Crippen LogP contribution in [0.4, 0.5) is 0 Å². The van der Waals surface area contributed by atoms with Crippen LogP contribution < -0.4 is 0 Å². The molecule has 0 heterocycles. The normalized spacial score (nSPS) is 11.7. The highest BCUT2D eigenvalue weighted by atomic mass is 14.3. The average Bonchev–Trinajstić information content (AvgIpc) is 2.17. The Bertz CT molecular complexity index is 205. The molecule has 0 aromatic heterocycles. The second kappa shape index (κ2) is 7.37. The van der Waals surface area contributed by atoms with Crippen molar-refractivity contribution in [1.82, 2.24) is 0 Å². The molecule has 0 radical (unpaired) electrons. The van der Waals surface area contributed by atoms with Crippen LogP contribution in [0.2, 0.25) is 0 Å². The van der Waals surface area contributed by atoms with Crippen LogP contribution in [0.3, 0.4) is 0 Å². The fourth-order valence-corrected chi connectivity index (χ4v) is 1.27. The van der Waals surface area contributed by atoms with Gasteiger partial charge in [0.25, 0.3) is 0 Å². The van der Waals surface area contributed by atoms with Crippen LogP contribution in [0.25, 0.3) is 0 Å². The van der Waals surface area contributed by atoms with E-state index in [1.807, 2.05) is 12.1 Å². The van der Waals surface area contributed by atoms with Gasteiger partial charge in [0.15, 0.2) is 0 Å². The molecule has 0 aromatic rings. The zero-order valence-corrected chi connectivity index (χ0v) is 8.16. The molecule has 13 heavy (non-hydrogen) atoms. The average molecular weight is 176 g/mol. The van der Waals surface area contributed by atoms with Crippen molar-refractivity contribution in [3.63, 3.8) is 0 Å². The molecule has 0 aliphatic rings. The summed E-state index contributed by atoms with van der Waals surface area (Å²) in [7, 11) is 0. The van der Waals surface area contributed by atoms with Crippen LogP contribution in [-0.4, -0.2) is 0 Å². The summed E-state index contributed by atoms with van der Waals surface area (Å²) in [4.78, 5) is 0. The maximum Gasteiger partial charge on any atom is 0.139 e. The third-order valence-corrected chi connectivity index (χ3v) is 2.15. The predicted molar refractivity (Wildman–Crippen MR) is 52.5 cm³/mol. The van der Waals surface area contributed by atoms with Crippen molar-refractivity contribution in [2.45, 2.75) is 32.6 Å². The SMILES string of the molecule is C=CC(CCCCC)C(C#N)C#N. The lowest BCUT2D eigenvalue weighted by Crippen LogP contribution is -2.08. The largest absolute Gasteiger partial charge is 0.197 e. The van der Waals surface area contributed by atoms with Crippen LogP contribution in [0.1, 0.15) is 32.6 Å². The first-order valence-electron chi connectivity index (χ1n) is 4.71. The molecule has 0 spiro atoms. The van der Waals surface area contributed by atoms with Crippen molar-refractivity contribution in [3.05, 3.63) is 12.7 Å². The molecule has 1 unspecified atom stereocenters. The lowest BCUT2D eigenvalue weighted by atomic mass is 9.90. The fourth-order valence-electron chi connectivity index (χ4n) is 1.27. The predicted octanol–water partition coefficient (Wildman–Crippen LogP) is 3.03. The molecule has 0 aromatic carbocycles. The van der Waals surface area contributed by atoms with E-state index < -0.39 is 5.92 Å². The van der Waals surface area contributed by atoms with Crippen LogP contribution in [0, 0.1) is 34.5 Å². The summed E-state index contributed by atoms with van der Waals surface area (Å²) in [5.74, 6) is -0.476. The summed E-state index contributed by atoms with van der Waals surface area (Å²) in [5, 5.41) is 17.3. The minimum absolute atomic E-state index is 0.0431. The van der Waals surface area contributed by atoms with E-state index in [1.54, 1.807) is 6.08 Å². The van der Waals surface area contributed by atoms with E-state index >= 15 is 0 Å². The van der Waals surface area contributed by atoms with Gasteiger partial charge in [0.05, 0.1) is 12.1 Å². The van der Waals surface area contributed by atoms with Crippen molar-refractivity contribution in [3.8, 4) is 12.1 Å². The van der Waals surface area contributed by atoms with Gasteiger partial charge in [0, 0.05) is 5.92 Å². The second-order valence-corrected chi connectivity index (χ2v) is 3.13. The standard InChI is InChI=1S/C11H16N2/c1-3-5-6-7-10(4-2)11(8-12)9-13/h4,10-11H,2-3,5-7H2,1H3. The Morgan fingerprint density at radius 3 is 2.31 bits per heavy atom. The molecule has 0 saturated carbocycles. The number of unbranched alkanes of at least 4 members (excludes halogenated alkanes) is 2. The van der Waals surface area contributed by atoms with Gasteiger partial charge in [-0.2, -0.15) is 10.5 Å². The molecule has 0 fully saturated rings. The summed E-state index contributed by atoms with van der Waals surface area (Å²) in [5.41, 5.74) is 0. The Morgan fingerprint density at radius 2 is 1.92 bits per heavy atom. The number of allylic oxidation sites excluding steroid dienone is 1. The van der Waals surface area contributed by atoms with Crippen LogP contribution in [-0.2, 0) is 0 Å². The first-order chi connectivity index (χ1) is 6.29. The molecule has 0 aliphatic carbocycles. The third-order valence-electron chi connectivity index (χ3n) is 2.15. The van der Waals surface area contributed by atoms with Gasteiger partial charge in [-0.1, -0.05) is 32.3 Å². The summed E-state index contributed by atoms with van der Waals surface area (Å²) < 4.78 is 0. The van der Waals surface area contributed by atoms with Crippen LogP contribution in [0.5, 0.6) is 0 Å². The van der Waals surface area contributed by atoms with Gasteiger partial charge in [-0.05, 0) is 6.42 Å². The summed E-state index contributed by atoms with van der Waals surface area (Å²) in [6.07, 6.45) is 6.03. The van der Waals surface area contributed by atoms with E-state index in [1.165, 1.54) is 0 Å². The Kier molecular flexibility index (Phi) is 6.65. The Morgan fingerprint density at radius 1 is 1.31 bits per heavy atom. The number of hydrogen-bond acceptors (Lipinski definition) is 2. The zero-order valence-electron chi connectivity index (χ0n) is 8.16. The third kappa shape index (κ3) is 4.33. The van der Waals surface area contributed by atoms with E-state index in [2.05, 4.69) is 13.5 Å². The molecular weight excluding hydrogens is 160 g/mol. The molecule has 0 bridgehead atoms. The molecular formula is C11H16N2. The highest BCUT2D eigenvalue weighted by Gasteiger charge is 2.16. The molecule has 0 rings (SSSR count). The van der Waals surface area contributed by atoms with Gasteiger partial charge < -0.3 is 0 Å². The highest BCUT2D eigenvalue weighted by molar-refractivity contribution is 5.06. The number of nitrogens with zero attached hydrogens (tertiary/aromatic N) is 2. The van der Waals surface area contributed by atoms with Crippen molar-refractivity contribution in [2.75, 3.05) is 0 Å². The van der Waals surface area contributed by atoms with Gasteiger partial charge in [0.2, 0.25) is 0 Å². The van der Waals surface area contributed by atoms with E-state index in [9.17, 15) is 0 Å². The molecule has 0 amide bonds. The minimum Gasteiger partial charge on any atom is -0.197 e. The number of rotatable bonds is 6. The maximum atomic E-state index is 8.66. The lowest BCUT2D eigenvalue weighted by molar-refractivity contribution is 0.495. The Hall–Kier alpha value is -1.28. The first-order valence-corrected chi connectivity index (χ1v) is 4.71. The van der Waals surface area contributed by atoms with E-state index in [0.29, 0.717) is 0 Å². The Balaban J connectivity index is 3.97. The molecule has 0 aliphatic heterocycles. The lowest BCUT2D eigenvalue weighted by Gasteiger charge is -2.11. The molecule has 1 atom stereocenters. The summed E-state index contributed by atoms with van der Waals surface area (Å²) >= 11 is 0. The molecule has 0 N–H and O–H groups in total. The van der Waals surface area contributed by atoms with Crippen LogP contribution >= 0.6 is 0 Å². The van der Waals surface area contributed by atoms with Crippen LogP contribution in [0.15, 0.2) is 12.7 Å². The molecule has 0 saturated heterocycles. The quantitative estimate of drug-likeness (QED) is 0.461. The van der Waals surface area contributed by atoms with E-state index in [4.69, 9.17) is 10.5 Å². The molecule has 70 valence electrons. The number of hydrogen-bond donors (Lipinski definition) is 0. The van der Waals surface area contributed by atoms with Gasteiger partial charge >= 0.3 is 0 Å². The molecule has 2 heteroatoms. The number of nitriles is 2. The maximum absolute atomic E-state index is 8.66. The summed E-state index contributed by atoms with van der Waals surface area (Å²) in [6.45, 7) is 5.79. The van der Waals surface area contributed by atoms with E-state index in [-0.39, 0.29) is 5.92 Å². The highest BCUT2D eigenvalue weighted by Crippen LogP contribution is 2.19. The van der Waals surface area contributed by atoms with Gasteiger partial charge in [-0.3, -0.25) is 0 Å². The monoisotopic (exact) mass is 176 g/mol. The topological polar surface area (TPSA) is 47.6 Å². The second-order valence-electron chi connectivity index (χ2n) is 3.13. The summed E-state index contributed by atoms with van der Waals surface area (Å²) in [6, 6.07) is 3.99. The van der Waals surface area contributed by atoms with Gasteiger partial charge in [-0.25, -0.2) is 0 Å². The van der Waals surface area contributed by atoms with E-state index in [0.717, 1.165) is 25.7 Å². The van der Waals surface area contributed by atoms with Crippen molar-refractivity contribution in [1.29, 1.82) is 10.5 Å². The van der Waals surface area contributed by atoms with Crippen molar-refractivity contribution in [2.24, 2.45) is 11.8 Å². The minimum atomic E-state index is -0.519. The van der Waals surface area contributed by atoms with Crippen molar-refractivity contribution >= 4 is 0 Å². The van der Waals surface area contributed by atoms with Crippen molar-refractivity contribution < 1.29 is 0 Å². The van der Waals surface area contributed by atoms with Gasteiger partial charge in [0.1, 0.15) is 5.92 Å². The van der Waals surface area contributed by atoms with Gasteiger partial charge in [-0.15, -0.1) is 6.58 Å². The first kappa shape index (κ1) is 11.7. The zero-order chi connectivity index (χ0) is 10.1.